The molecule has 0 aromatic carbocycles. The van der Waals surface area contributed by atoms with Crippen LogP contribution in [0, 0.1) is 0 Å². The lowest BCUT2D eigenvalue weighted by Crippen LogP contribution is -2.50. The molecule has 2 aliphatic rings. The fourth-order valence-corrected chi connectivity index (χ4v) is 2.96. The number of nitrogens with two attached hydrogens (primary N) is 1. The van der Waals surface area contributed by atoms with Crippen LogP contribution in [0.5, 0.6) is 0 Å². The highest BCUT2D eigenvalue weighted by Crippen LogP contribution is 2.26. The van der Waals surface area contributed by atoms with E-state index in [4.69, 9.17) is 5.73 Å². The van der Waals surface area contributed by atoms with Gasteiger partial charge in [-0.05, 0) is 45.7 Å². The maximum atomic E-state index is 12.3. The molecule has 1 saturated carbocycles. The first kappa shape index (κ1) is 15.7. The van der Waals surface area contributed by atoms with Gasteiger partial charge in [-0.3, -0.25) is 9.69 Å². The van der Waals surface area contributed by atoms with Gasteiger partial charge in [0.15, 0.2) is 0 Å². The van der Waals surface area contributed by atoms with Gasteiger partial charge in [0.1, 0.15) is 0 Å². The molecular formula is C15H30N4O. The van der Waals surface area contributed by atoms with E-state index in [0.717, 1.165) is 52.2 Å². The average Bonchev–Trinajstić information content (AvgIpc) is 3.26. The predicted molar refractivity (Wildman–Crippen MR) is 81.6 cm³/mol. The Morgan fingerprint density at radius 3 is 2.35 bits per heavy atom. The van der Waals surface area contributed by atoms with Crippen molar-refractivity contribution in [2.75, 3.05) is 52.4 Å². The molecule has 5 heteroatoms. The van der Waals surface area contributed by atoms with Gasteiger partial charge in [-0.25, -0.2) is 0 Å². The second-order valence-corrected chi connectivity index (χ2v) is 6.02. The Morgan fingerprint density at radius 1 is 1.15 bits per heavy atom. The molecule has 0 atom stereocenters. The van der Waals surface area contributed by atoms with Gasteiger partial charge in [0.2, 0.25) is 5.91 Å². The second-order valence-electron chi connectivity index (χ2n) is 6.02. The van der Waals surface area contributed by atoms with Crippen LogP contribution in [0.25, 0.3) is 0 Å². The van der Waals surface area contributed by atoms with E-state index >= 15 is 0 Å². The summed E-state index contributed by atoms with van der Waals surface area (Å²) in [5.41, 5.74) is 5.52. The van der Waals surface area contributed by atoms with Gasteiger partial charge in [0.05, 0.1) is 6.54 Å². The zero-order valence-corrected chi connectivity index (χ0v) is 12.9. The topological polar surface area (TPSA) is 52.8 Å². The van der Waals surface area contributed by atoms with Crippen molar-refractivity contribution >= 4 is 5.91 Å². The van der Waals surface area contributed by atoms with E-state index < -0.39 is 0 Å². The molecule has 116 valence electrons. The molecule has 2 fully saturated rings. The third kappa shape index (κ3) is 4.72. The molecule has 1 saturated heterocycles. The molecule has 1 aliphatic heterocycles. The molecule has 2 rings (SSSR count). The Morgan fingerprint density at radius 2 is 1.80 bits per heavy atom. The minimum Gasteiger partial charge on any atom is -0.339 e. The van der Waals surface area contributed by atoms with Crippen LogP contribution in [0.15, 0.2) is 0 Å². The van der Waals surface area contributed by atoms with E-state index in [0.29, 0.717) is 18.5 Å². The Bertz CT molecular complexity index is 298. The summed E-state index contributed by atoms with van der Waals surface area (Å²) >= 11 is 0. The number of carbonyl (C=O) groups is 1. The van der Waals surface area contributed by atoms with E-state index in [9.17, 15) is 4.79 Å². The van der Waals surface area contributed by atoms with Crippen LogP contribution in [0.2, 0.25) is 0 Å². The molecule has 0 bridgehead atoms. The SMILES string of the molecule is CCN(C(=O)CN1CCN(CCCCN)CC1)C1CC1. The number of likely N-dealkylation sites (N-methyl/N-ethyl adjacent to an activating group) is 1. The van der Waals surface area contributed by atoms with Crippen molar-refractivity contribution in [1.82, 2.24) is 14.7 Å². The third-order valence-electron chi connectivity index (χ3n) is 4.40. The van der Waals surface area contributed by atoms with Gasteiger partial charge in [0, 0.05) is 38.8 Å². The number of hydrogen-bond acceptors (Lipinski definition) is 4. The summed E-state index contributed by atoms with van der Waals surface area (Å²) < 4.78 is 0. The first-order valence-electron chi connectivity index (χ1n) is 8.18. The number of nitrogens with zero attached hydrogens (tertiary/aromatic N) is 3. The summed E-state index contributed by atoms with van der Waals surface area (Å²) in [5, 5.41) is 0. The lowest BCUT2D eigenvalue weighted by molar-refractivity contribution is -0.133. The Hall–Kier alpha value is -0.650. The minimum atomic E-state index is 0.326. The minimum absolute atomic E-state index is 0.326. The molecule has 0 unspecified atom stereocenters. The van der Waals surface area contributed by atoms with Crippen molar-refractivity contribution < 1.29 is 4.79 Å². The highest BCUT2D eigenvalue weighted by Gasteiger charge is 2.32. The molecular weight excluding hydrogens is 252 g/mol. The molecule has 2 N–H and O–H groups in total. The molecule has 5 nitrogen and oxygen atoms in total. The first-order chi connectivity index (χ1) is 9.74. The summed E-state index contributed by atoms with van der Waals surface area (Å²) in [6, 6.07) is 0.546. The molecule has 1 amide bonds. The molecule has 20 heavy (non-hydrogen) atoms. The average molecular weight is 282 g/mol. The maximum Gasteiger partial charge on any atom is 0.236 e. The van der Waals surface area contributed by atoms with E-state index in [2.05, 4.69) is 21.6 Å². The van der Waals surface area contributed by atoms with E-state index in [1.165, 1.54) is 19.3 Å². The standard InChI is InChI=1S/C15H30N4O/c1-2-19(14-5-6-14)15(20)13-18-11-9-17(10-12-18)8-4-3-7-16/h14H,2-13,16H2,1H3. The Labute approximate surface area is 123 Å². The van der Waals surface area contributed by atoms with Gasteiger partial charge in [0.25, 0.3) is 0 Å². The molecule has 0 spiro atoms. The number of carbonyl (C=O) groups excluding carboxylic acids is 1. The Balaban J connectivity index is 1.64. The van der Waals surface area contributed by atoms with Crippen LogP contribution < -0.4 is 5.73 Å². The summed E-state index contributed by atoms with van der Waals surface area (Å²) in [6.45, 7) is 9.74. The highest BCUT2D eigenvalue weighted by atomic mass is 16.2. The van der Waals surface area contributed by atoms with Crippen molar-refractivity contribution in [3.8, 4) is 0 Å². The number of piperazine rings is 1. The first-order valence-corrected chi connectivity index (χ1v) is 8.18. The fraction of sp³-hybridized carbons (Fsp3) is 0.933. The molecule has 0 radical (unpaired) electrons. The van der Waals surface area contributed by atoms with Crippen molar-refractivity contribution in [2.45, 2.75) is 38.6 Å². The van der Waals surface area contributed by atoms with Crippen molar-refractivity contribution in [2.24, 2.45) is 5.73 Å². The number of rotatable bonds is 8. The van der Waals surface area contributed by atoms with Crippen LogP contribution in [-0.4, -0.2) is 79.0 Å². The summed E-state index contributed by atoms with van der Waals surface area (Å²) in [5.74, 6) is 0.326. The molecule has 1 aliphatic carbocycles. The molecule has 1 heterocycles. The van der Waals surface area contributed by atoms with Crippen LogP contribution in [0.4, 0.5) is 0 Å². The van der Waals surface area contributed by atoms with E-state index in [-0.39, 0.29) is 0 Å². The maximum absolute atomic E-state index is 12.3. The molecule has 0 aromatic rings. The van der Waals surface area contributed by atoms with Crippen LogP contribution in [0.1, 0.15) is 32.6 Å². The number of amides is 1. The van der Waals surface area contributed by atoms with Crippen molar-refractivity contribution in [3.63, 3.8) is 0 Å². The summed E-state index contributed by atoms with van der Waals surface area (Å²) in [4.78, 5) is 19.1. The quantitative estimate of drug-likeness (QED) is 0.653. The van der Waals surface area contributed by atoms with Crippen LogP contribution in [0.3, 0.4) is 0 Å². The third-order valence-corrected chi connectivity index (χ3v) is 4.40. The monoisotopic (exact) mass is 282 g/mol. The van der Waals surface area contributed by atoms with Crippen LogP contribution >= 0.6 is 0 Å². The Kier molecular flexibility index (Phi) is 6.26. The van der Waals surface area contributed by atoms with Crippen LogP contribution in [-0.2, 0) is 4.79 Å². The summed E-state index contributed by atoms with van der Waals surface area (Å²) in [7, 11) is 0. The van der Waals surface area contributed by atoms with Gasteiger partial charge in [-0.1, -0.05) is 0 Å². The van der Waals surface area contributed by atoms with Gasteiger partial charge in [-0.2, -0.15) is 0 Å². The van der Waals surface area contributed by atoms with Crippen molar-refractivity contribution in [3.05, 3.63) is 0 Å². The fourth-order valence-electron chi connectivity index (χ4n) is 2.96. The second kappa shape index (κ2) is 7.96. The smallest absolute Gasteiger partial charge is 0.236 e. The van der Waals surface area contributed by atoms with Gasteiger partial charge < -0.3 is 15.5 Å². The number of hydrogen-bond donors (Lipinski definition) is 1. The zero-order chi connectivity index (χ0) is 14.4. The normalized spacial score (nSPS) is 21.1. The lowest BCUT2D eigenvalue weighted by Gasteiger charge is -2.35. The van der Waals surface area contributed by atoms with Crippen molar-refractivity contribution in [1.29, 1.82) is 0 Å². The van der Waals surface area contributed by atoms with E-state index in [1.54, 1.807) is 0 Å². The van der Waals surface area contributed by atoms with Gasteiger partial charge >= 0.3 is 0 Å². The largest absolute Gasteiger partial charge is 0.339 e. The highest BCUT2D eigenvalue weighted by molar-refractivity contribution is 5.78. The van der Waals surface area contributed by atoms with Gasteiger partial charge in [-0.15, -0.1) is 0 Å². The zero-order valence-electron chi connectivity index (χ0n) is 12.9. The molecule has 0 aromatic heterocycles. The predicted octanol–water partition coefficient (Wildman–Crippen LogP) is 0.354. The van der Waals surface area contributed by atoms with E-state index in [1.807, 2.05) is 0 Å². The number of unbranched alkanes of at least 4 members (excludes halogenated alkanes) is 1. The lowest BCUT2D eigenvalue weighted by atomic mass is 10.2. The summed E-state index contributed by atoms with van der Waals surface area (Å²) in [6.07, 6.45) is 4.72.